The first-order chi connectivity index (χ1) is 11.7. The van der Waals surface area contributed by atoms with Gasteiger partial charge >= 0.3 is 0 Å². The van der Waals surface area contributed by atoms with Gasteiger partial charge in [-0.1, -0.05) is 42.5 Å². The summed E-state index contributed by atoms with van der Waals surface area (Å²) in [6.07, 6.45) is 2.05. The average Bonchev–Trinajstić information content (AvgIpc) is 2.62. The van der Waals surface area contributed by atoms with Crippen LogP contribution in [-0.4, -0.2) is 18.0 Å². The standard InChI is InChI=1S/C20H20N2O2/c1-14(17-10-3-4-11-18(17)24-2)22-19(23)13-16-8-5-7-15-9-6-12-21-20(15)16/h3-12,14H,13H2,1-2H3,(H,22,23)/t14-/m0/s1. The van der Waals surface area contributed by atoms with Crippen molar-refractivity contribution < 1.29 is 9.53 Å². The molecule has 0 bridgehead atoms. The van der Waals surface area contributed by atoms with Gasteiger partial charge in [0.1, 0.15) is 5.75 Å². The van der Waals surface area contributed by atoms with Crippen LogP contribution in [0, 0.1) is 0 Å². The van der Waals surface area contributed by atoms with E-state index in [1.807, 2.05) is 61.5 Å². The van der Waals surface area contributed by atoms with Crippen molar-refractivity contribution in [3.63, 3.8) is 0 Å². The number of nitrogens with zero attached hydrogens (tertiary/aromatic N) is 1. The van der Waals surface area contributed by atoms with E-state index in [9.17, 15) is 4.79 Å². The molecule has 3 rings (SSSR count). The van der Waals surface area contributed by atoms with Gasteiger partial charge in [0.05, 0.1) is 25.1 Å². The highest BCUT2D eigenvalue weighted by molar-refractivity contribution is 5.87. The second-order valence-corrected chi connectivity index (χ2v) is 5.70. The smallest absolute Gasteiger partial charge is 0.224 e. The fourth-order valence-corrected chi connectivity index (χ4v) is 2.88. The number of amides is 1. The molecule has 0 saturated heterocycles. The van der Waals surface area contributed by atoms with Crippen molar-refractivity contribution in [2.45, 2.75) is 19.4 Å². The number of pyridine rings is 1. The molecular formula is C20H20N2O2. The van der Waals surface area contributed by atoms with E-state index in [0.717, 1.165) is 27.8 Å². The molecule has 0 saturated carbocycles. The zero-order valence-corrected chi connectivity index (χ0v) is 13.8. The second kappa shape index (κ2) is 7.13. The number of hydrogen-bond acceptors (Lipinski definition) is 3. The minimum atomic E-state index is -0.128. The third-order valence-electron chi connectivity index (χ3n) is 4.05. The number of benzene rings is 2. The van der Waals surface area contributed by atoms with E-state index in [0.29, 0.717) is 6.42 Å². The van der Waals surface area contributed by atoms with Crippen molar-refractivity contribution in [3.8, 4) is 5.75 Å². The van der Waals surface area contributed by atoms with Gasteiger partial charge in [-0.25, -0.2) is 0 Å². The number of aromatic nitrogens is 1. The SMILES string of the molecule is COc1ccccc1[C@H](C)NC(=O)Cc1cccc2cccnc12. The van der Waals surface area contributed by atoms with Crippen molar-refractivity contribution in [2.75, 3.05) is 7.11 Å². The molecule has 0 unspecified atom stereocenters. The molecule has 122 valence electrons. The Labute approximate surface area is 141 Å². The van der Waals surface area contributed by atoms with Crippen molar-refractivity contribution in [1.29, 1.82) is 0 Å². The van der Waals surface area contributed by atoms with Gasteiger partial charge in [-0.05, 0) is 24.6 Å². The Balaban J connectivity index is 1.75. The molecule has 1 atom stereocenters. The highest BCUT2D eigenvalue weighted by atomic mass is 16.5. The van der Waals surface area contributed by atoms with Gasteiger partial charge < -0.3 is 10.1 Å². The summed E-state index contributed by atoms with van der Waals surface area (Å²) in [5, 5.41) is 4.08. The van der Waals surface area contributed by atoms with Crippen LogP contribution < -0.4 is 10.1 Å². The maximum atomic E-state index is 12.5. The summed E-state index contributed by atoms with van der Waals surface area (Å²) in [6, 6.07) is 17.4. The zero-order valence-electron chi connectivity index (χ0n) is 13.8. The van der Waals surface area contributed by atoms with E-state index < -0.39 is 0 Å². The van der Waals surface area contributed by atoms with Crippen LogP contribution in [0.2, 0.25) is 0 Å². The van der Waals surface area contributed by atoms with E-state index in [4.69, 9.17) is 4.74 Å². The number of rotatable bonds is 5. The van der Waals surface area contributed by atoms with E-state index >= 15 is 0 Å². The van der Waals surface area contributed by atoms with Crippen LogP contribution in [0.15, 0.2) is 60.8 Å². The lowest BCUT2D eigenvalue weighted by atomic mass is 10.0. The summed E-state index contributed by atoms with van der Waals surface area (Å²) in [7, 11) is 1.63. The van der Waals surface area contributed by atoms with Crippen LogP contribution >= 0.6 is 0 Å². The Morgan fingerprint density at radius 3 is 2.75 bits per heavy atom. The van der Waals surface area contributed by atoms with Crippen molar-refractivity contribution in [3.05, 3.63) is 71.9 Å². The first kappa shape index (κ1) is 16.0. The third kappa shape index (κ3) is 3.38. The van der Waals surface area contributed by atoms with Gasteiger partial charge in [-0.3, -0.25) is 9.78 Å². The molecule has 0 radical (unpaired) electrons. The Bertz CT molecular complexity index is 856. The lowest BCUT2D eigenvalue weighted by Crippen LogP contribution is -2.28. The minimum absolute atomic E-state index is 0.0356. The monoisotopic (exact) mass is 320 g/mol. The van der Waals surface area contributed by atoms with Gasteiger partial charge in [0.15, 0.2) is 0 Å². The molecule has 1 amide bonds. The molecule has 1 aromatic heterocycles. The molecule has 0 spiro atoms. The number of methoxy groups -OCH3 is 1. The molecule has 24 heavy (non-hydrogen) atoms. The summed E-state index contributed by atoms with van der Waals surface area (Å²) in [5.74, 6) is 0.740. The summed E-state index contributed by atoms with van der Waals surface area (Å²) in [5.41, 5.74) is 2.77. The zero-order chi connectivity index (χ0) is 16.9. The van der Waals surface area contributed by atoms with Crippen molar-refractivity contribution in [1.82, 2.24) is 10.3 Å². The van der Waals surface area contributed by atoms with Gasteiger partial charge in [-0.2, -0.15) is 0 Å². The van der Waals surface area contributed by atoms with Crippen molar-refractivity contribution >= 4 is 16.8 Å². The van der Waals surface area contributed by atoms with Crippen LogP contribution in [0.25, 0.3) is 10.9 Å². The molecule has 1 heterocycles. The predicted molar refractivity (Wildman–Crippen MR) is 95.0 cm³/mol. The largest absolute Gasteiger partial charge is 0.496 e. The molecular weight excluding hydrogens is 300 g/mol. The minimum Gasteiger partial charge on any atom is -0.496 e. The number of hydrogen-bond donors (Lipinski definition) is 1. The number of fused-ring (bicyclic) bond motifs is 1. The Morgan fingerprint density at radius 1 is 1.12 bits per heavy atom. The number of ether oxygens (including phenoxy) is 1. The van der Waals surface area contributed by atoms with E-state index in [2.05, 4.69) is 10.3 Å². The summed E-state index contributed by atoms with van der Waals surface area (Å²) < 4.78 is 5.36. The van der Waals surface area contributed by atoms with Crippen LogP contribution in [0.5, 0.6) is 5.75 Å². The Hall–Kier alpha value is -2.88. The maximum Gasteiger partial charge on any atom is 0.224 e. The first-order valence-electron chi connectivity index (χ1n) is 7.94. The van der Waals surface area contributed by atoms with Crippen LogP contribution in [0.4, 0.5) is 0 Å². The molecule has 4 heteroatoms. The molecule has 0 fully saturated rings. The number of carbonyl (C=O) groups is 1. The van der Waals surface area contributed by atoms with Crippen LogP contribution in [0.1, 0.15) is 24.1 Å². The van der Waals surface area contributed by atoms with Crippen LogP contribution in [-0.2, 0) is 11.2 Å². The van der Waals surface area contributed by atoms with Gasteiger partial charge in [0.2, 0.25) is 5.91 Å². The van der Waals surface area contributed by atoms with E-state index in [1.165, 1.54) is 0 Å². The molecule has 4 nitrogen and oxygen atoms in total. The van der Waals surface area contributed by atoms with Gasteiger partial charge in [0.25, 0.3) is 0 Å². The fraction of sp³-hybridized carbons (Fsp3) is 0.200. The second-order valence-electron chi connectivity index (χ2n) is 5.70. The summed E-state index contributed by atoms with van der Waals surface area (Å²) in [4.78, 5) is 16.9. The molecule has 0 aliphatic rings. The highest BCUT2D eigenvalue weighted by Gasteiger charge is 2.14. The normalized spacial score (nSPS) is 11.9. The maximum absolute atomic E-state index is 12.5. The number of para-hydroxylation sites is 2. The topological polar surface area (TPSA) is 51.2 Å². The average molecular weight is 320 g/mol. The highest BCUT2D eigenvalue weighted by Crippen LogP contribution is 2.24. The molecule has 0 aliphatic carbocycles. The van der Waals surface area contributed by atoms with Gasteiger partial charge in [0, 0.05) is 17.1 Å². The van der Waals surface area contributed by atoms with Crippen molar-refractivity contribution in [2.24, 2.45) is 0 Å². The lowest BCUT2D eigenvalue weighted by molar-refractivity contribution is -0.121. The Kier molecular flexibility index (Phi) is 4.75. The van der Waals surface area contributed by atoms with E-state index in [1.54, 1.807) is 13.3 Å². The number of nitrogens with one attached hydrogen (secondary N) is 1. The molecule has 3 aromatic rings. The van der Waals surface area contributed by atoms with E-state index in [-0.39, 0.29) is 11.9 Å². The molecule has 2 aromatic carbocycles. The quantitative estimate of drug-likeness (QED) is 0.780. The van der Waals surface area contributed by atoms with Crippen LogP contribution in [0.3, 0.4) is 0 Å². The summed E-state index contributed by atoms with van der Waals surface area (Å²) >= 11 is 0. The third-order valence-corrected chi connectivity index (χ3v) is 4.05. The number of carbonyl (C=O) groups excluding carboxylic acids is 1. The predicted octanol–water partition coefficient (Wildman–Crippen LogP) is 3.66. The molecule has 1 N–H and O–H groups in total. The van der Waals surface area contributed by atoms with Gasteiger partial charge in [-0.15, -0.1) is 0 Å². The first-order valence-corrected chi connectivity index (χ1v) is 7.94. The molecule has 0 aliphatic heterocycles. The lowest BCUT2D eigenvalue weighted by Gasteiger charge is -2.17. The summed E-state index contributed by atoms with van der Waals surface area (Å²) in [6.45, 7) is 1.96. The fourth-order valence-electron chi connectivity index (χ4n) is 2.88. The Morgan fingerprint density at radius 2 is 1.92 bits per heavy atom.